The predicted molar refractivity (Wildman–Crippen MR) is 105 cm³/mol. The number of hydrogen-bond donors (Lipinski definition) is 1. The van der Waals surface area contributed by atoms with E-state index in [1.165, 1.54) is 4.31 Å². The lowest BCUT2D eigenvalue weighted by Crippen LogP contribution is -2.31. The fourth-order valence-electron chi connectivity index (χ4n) is 2.81. The van der Waals surface area contributed by atoms with Crippen molar-refractivity contribution in [3.8, 4) is 0 Å². The number of anilines is 1. The second kappa shape index (κ2) is 8.37. The van der Waals surface area contributed by atoms with Crippen molar-refractivity contribution in [2.75, 3.05) is 18.4 Å². The zero-order chi connectivity index (χ0) is 20.4. The molecule has 0 aliphatic rings. The average Bonchev–Trinajstić information content (AvgIpc) is 2.58. The Morgan fingerprint density at radius 2 is 1.78 bits per heavy atom. The standard InChI is InChI=1S/C19H22ClFN2O3S/c1-5-23(6-2)27(25,26)14-7-8-17(21)15(11-14)19(24)22-18-13(4)9-12(3)10-16(18)20/h7-11H,5-6H2,1-4H3,(H,22,24). The zero-order valence-electron chi connectivity index (χ0n) is 15.6. The number of amides is 1. The van der Waals surface area contributed by atoms with Crippen LogP contribution < -0.4 is 5.32 Å². The fraction of sp³-hybridized carbons (Fsp3) is 0.316. The molecule has 0 saturated heterocycles. The van der Waals surface area contributed by atoms with Gasteiger partial charge in [-0.2, -0.15) is 4.31 Å². The summed E-state index contributed by atoms with van der Waals surface area (Å²) in [6.45, 7) is 7.60. The summed E-state index contributed by atoms with van der Waals surface area (Å²) in [6.07, 6.45) is 0. The van der Waals surface area contributed by atoms with Gasteiger partial charge in [-0.1, -0.05) is 31.5 Å². The largest absolute Gasteiger partial charge is 0.320 e. The number of nitrogens with one attached hydrogen (secondary N) is 1. The van der Waals surface area contributed by atoms with Crippen LogP contribution in [0.5, 0.6) is 0 Å². The molecule has 2 aromatic rings. The third-order valence-corrected chi connectivity index (χ3v) is 6.54. The lowest BCUT2D eigenvalue weighted by molar-refractivity contribution is 0.102. The molecule has 0 radical (unpaired) electrons. The van der Waals surface area contributed by atoms with Gasteiger partial charge >= 0.3 is 0 Å². The minimum Gasteiger partial charge on any atom is -0.320 e. The number of hydrogen-bond acceptors (Lipinski definition) is 3. The number of rotatable bonds is 6. The summed E-state index contributed by atoms with van der Waals surface area (Å²) in [5.41, 5.74) is 1.65. The molecule has 0 aliphatic carbocycles. The number of halogens is 2. The number of carbonyl (C=O) groups excluding carboxylic acids is 1. The van der Waals surface area contributed by atoms with Crippen molar-refractivity contribution in [1.82, 2.24) is 4.31 Å². The molecular weight excluding hydrogens is 391 g/mol. The number of aryl methyl sites for hydroxylation is 2. The first-order valence-corrected chi connectivity index (χ1v) is 10.3. The molecule has 2 aromatic carbocycles. The van der Waals surface area contributed by atoms with E-state index in [0.717, 1.165) is 29.3 Å². The van der Waals surface area contributed by atoms with Gasteiger partial charge in [0.25, 0.3) is 5.91 Å². The number of nitrogens with zero attached hydrogens (tertiary/aromatic N) is 1. The molecule has 8 heteroatoms. The molecule has 0 fully saturated rings. The van der Waals surface area contributed by atoms with Crippen LogP contribution in [0.4, 0.5) is 10.1 Å². The van der Waals surface area contributed by atoms with E-state index in [1.807, 2.05) is 13.0 Å². The third kappa shape index (κ3) is 4.48. The average molecular weight is 413 g/mol. The Labute approximate surface area is 164 Å². The Morgan fingerprint density at radius 1 is 1.15 bits per heavy atom. The Balaban J connectivity index is 2.43. The maximum absolute atomic E-state index is 14.2. The predicted octanol–water partition coefficient (Wildman–Crippen LogP) is 4.38. The Morgan fingerprint density at radius 3 is 2.33 bits per heavy atom. The van der Waals surface area contributed by atoms with Crippen molar-refractivity contribution in [2.24, 2.45) is 0 Å². The van der Waals surface area contributed by atoms with Crippen LogP contribution in [0.2, 0.25) is 5.02 Å². The minimum atomic E-state index is -3.81. The van der Waals surface area contributed by atoms with E-state index in [4.69, 9.17) is 11.6 Å². The van der Waals surface area contributed by atoms with E-state index in [2.05, 4.69) is 5.32 Å². The van der Waals surface area contributed by atoms with Crippen LogP contribution >= 0.6 is 11.6 Å². The first-order valence-electron chi connectivity index (χ1n) is 8.49. The van der Waals surface area contributed by atoms with Crippen LogP contribution in [0.1, 0.15) is 35.3 Å². The summed E-state index contributed by atoms with van der Waals surface area (Å²) in [5, 5.41) is 2.91. The van der Waals surface area contributed by atoms with Gasteiger partial charge in [0.15, 0.2) is 0 Å². The molecule has 0 heterocycles. The molecule has 0 spiro atoms. The lowest BCUT2D eigenvalue weighted by atomic mass is 10.1. The van der Waals surface area contributed by atoms with Gasteiger partial charge in [0, 0.05) is 13.1 Å². The molecule has 0 aromatic heterocycles. The van der Waals surface area contributed by atoms with E-state index in [-0.39, 0.29) is 23.5 Å². The van der Waals surface area contributed by atoms with Crippen molar-refractivity contribution in [3.63, 3.8) is 0 Å². The third-order valence-electron chi connectivity index (χ3n) is 4.20. The van der Waals surface area contributed by atoms with Crippen molar-refractivity contribution >= 4 is 33.2 Å². The Kier molecular flexibility index (Phi) is 6.62. The summed E-state index contributed by atoms with van der Waals surface area (Å²) in [6, 6.07) is 6.70. The molecule has 1 N–H and O–H groups in total. The van der Waals surface area contributed by atoms with Gasteiger partial charge in [0.1, 0.15) is 5.82 Å². The second-order valence-corrected chi connectivity index (χ2v) is 8.47. The molecule has 2 rings (SSSR count). The molecule has 27 heavy (non-hydrogen) atoms. The van der Waals surface area contributed by atoms with Crippen LogP contribution in [-0.4, -0.2) is 31.7 Å². The van der Waals surface area contributed by atoms with E-state index < -0.39 is 21.7 Å². The van der Waals surface area contributed by atoms with Crippen LogP contribution in [0, 0.1) is 19.7 Å². The number of carbonyl (C=O) groups is 1. The van der Waals surface area contributed by atoms with E-state index in [9.17, 15) is 17.6 Å². The zero-order valence-corrected chi connectivity index (χ0v) is 17.2. The van der Waals surface area contributed by atoms with Crippen molar-refractivity contribution < 1.29 is 17.6 Å². The maximum atomic E-state index is 14.2. The van der Waals surface area contributed by atoms with Crippen LogP contribution in [0.3, 0.4) is 0 Å². The monoisotopic (exact) mass is 412 g/mol. The van der Waals surface area contributed by atoms with Gasteiger partial charge in [-0.25, -0.2) is 12.8 Å². The maximum Gasteiger partial charge on any atom is 0.258 e. The van der Waals surface area contributed by atoms with E-state index in [0.29, 0.717) is 10.7 Å². The highest BCUT2D eigenvalue weighted by Crippen LogP contribution is 2.28. The number of sulfonamides is 1. The summed E-state index contributed by atoms with van der Waals surface area (Å²) in [4.78, 5) is 12.5. The molecule has 0 bridgehead atoms. The normalized spacial score (nSPS) is 11.7. The highest BCUT2D eigenvalue weighted by molar-refractivity contribution is 7.89. The topological polar surface area (TPSA) is 66.5 Å². The van der Waals surface area contributed by atoms with Gasteiger partial charge in [0.05, 0.1) is 21.2 Å². The smallest absolute Gasteiger partial charge is 0.258 e. The van der Waals surface area contributed by atoms with Gasteiger partial charge in [0.2, 0.25) is 10.0 Å². The molecule has 0 atom stereocenters. The summed E-state index contributed by atoms with van der Waals surface area (Å²) < 4.78 is 40.7. The molecule has 0 saturated carbocycles. The summed E-state index contributed by atoms with van der Waals surface area (Å²) >= 11 is 6.18. The quantitative estimate of drug-likeness (QED) is 0.765. The highest BCUT2D eigenvalue weighted by Gasteiger charge is 2.24. The second-order valence-electron chi connectivity index (χ2n) is 6.12. The van der Waals surface area contributed by atoms with E-state index >= 15 is 0 Å². The van der Waals surface area contributed by atoms with Crippen LogP contribution in [0.15, 0.2) is 35.2 Å². The van der Waals surface area contributed by atoms with E-state index in [1.54, 1.807) is 26.8 Å². The van der Waals surface area contributed by atoms with Crippen LogP contribution in [0.25, 0.3) is 0 Å². The van der Waals surface area contributed by atoms with Gasteiger partial charge in [-0.15, -0.1) is 0 Å². The highest BCUT2D eigenvalue weighted by atomic mass is 35.5. The van der Waals surface area contributed by atoms with Crippen molar-refractivity contribution in [1.29, 1.82) is 0 Å². The molecule has 146 valence electrons. The van der Waals surface area contributed by atoms with Gasteiger partial charge in [-0.3, -0.25) is 4.79 Å². The Hall–Kier alpha value is -1.96. The number of benzene rings is 2. The van der Waals surface area contributed by atoms with Crippen LogP contribution in [-0.2, 0) is 10.0 Å². The summed E-state index contributed by atoms with van der Waals surface area (Å²) in [5.74, 6) is -1.58. The summed E-state index contributed by atoms with van der Waals surface area (Å²) in [7, 11) is -3.81. The van der Waals surface area contributed by atoms with Crippen molar-refractivity contribution in [2.45, 2.75) is 32.6 Å². The molecule has 0 aliphatic heterocycles. The Bertz CT molecular complexity index is 950. The lowest BCUT2D eigenvalue weighted by Gasteiger charge is -2.19. The van der Waals surface area contributed by atoms with Crippen molar-refractivity contribution in [3.05, 3.63) is 57.9 Å². The molecule has 0 unspecified atom stereocenters. The van der Waals surface area contributed by atoms with Gasteiger partial charge < -0.3 is 5.32 Å². The first-order chi connectivity index (χ1) is 12.6. The minimum absolute atomic E-state index is 0.135. The SMILES string of the molecule is CCN(CC)S(=O)(=O)c1ccc(F)c(C(=O)Nc2c(C)cc(C)cc2Cl)c1. The first kappa shape index (κ1) is 21.3. The fourth-order valence-corrected chi connectivity index (χ4v) is 4.66. The van der Waals surface area contributed by atoms with Gasteiger partial charge in [-0.05, 0) is 49.2 Å². The molecule has 1 amide bonds. The molecular formula is C19H22ClFN2O3S. The molecule has 5 nitrogen and oxygen atoms in total.